The van der Waals surface area contributed by atoms with Gasteiger partial charge in [0.25, 0.3) is 0 Å². The second-order valence-electron chi connectivity index (χ2n) is 9.13. The number of nitrogens with zero attached hydrogens (tertiary/aromatic N) is 2. The third-order valence-corrected chi connectivity index (χ3v) is 7.00. The second-order valence-corrected chi connectivity index (χ2v) is 9.13. The van der Waals surface area contributed by atoms with E-state index in [1.165, 1.54) is 54.7 Å². The maximum atomic E-state index is 2.46. The van der Waals surface area contributed by atoms with E-state index in [0.29, 0.717) is 5.92 Å². The van der Waals surface area contributed by atoms with E-state index in [0.717, 1.165) is 6.42 Å². The Morgan fingerprint density at radius 2 is 1.21 bits per heavy atom. The molecule has 1 atom stereocenters. The molecule has 6 aromatic rings. The van der Waals surface area contributed by atoms with Crippen LogP contribution in [0, 0.1) is 5.92 Å². The lowest BCUT2D eigenvalue weighted by Gasteiger charge is -2.09. The van der Waals surface area contributed by atoms with Crippen LogP contribution in [0.15, 0.2) is 97.1 Å². The summed E-state index contributed by atoms with van der Waals surface area (Å²) in [5, 5.41) is 6.58. The number of rotatable bonds is 2. The van der Waals surface area contributed by atoms with Crippen LogP contribution >= 0.6 is 0 Å². The molecule has 0 fully saturated rings. The van der Waals surface area contributed by atoms with E-state index in [4.69, 9.17) is 0 Å². The van der Waals surface area contributed by atoms with Crippen LogP contribution in [-0.2, 0) is 0 Å². The molecule has 0 aliphatic heterocycles. The molecule has 158 valence electrons. The third-order valence-electron chi connectivity index (χ3n) is 7.00. The molecular weight excluding hydrogens is 400 g/mol. The van der Waals surface area contributed by atoms with Gasteiger partial charge in [-0.1, -0.05) is 73.7 Å². The molecule has 0 amide bonds. The number of hydrogen-bond acceptors (Lipinski definition) is 0. The summed E-state index contributed by atoms with van der Waals surface area (Å²) in [4.78, 5) is 0. The van der Waals surface area contributed by atoms with Crippen molar-refractivity contribution < 1.29 is 0 Å². The van der Waals surface area contributed by atoms with Crippen molar-refractivity contribution in [2.45, 2.75) is 13.3 Å². The van der Waals surface area contributed by atoms with Gasteiger partial charge in [0.15, 0.2) is 0 Å². The second kappa shape index (κ2) is 6.98. The largest absolute Gasteiger partial charge is 0.310 e. The molecule has 1 aliphatic rings. The lowest BCUT2D eigenvalue weighted by atomic mass is 10.0. The summed E-state index contributed by atoms with van der Waals surface area (Å²) in [7, 11) is 0. The predicted molar refractivity (Wildman–Crippen MR) is 140 cm³/mol. The molecule has 33 heavy (non-hydrogen) atoms. The van der Waals surface area contributed by atoms with Crippen molar-refractivity contribution in [1.82, 2.24) is 9.13 Å². The summed E-state index contributed by atoms with van der Waals surface area (Å²) in [6.45, 7) is 2.31. The van der Waals surface area contributed by atoms with E-state index in [9.17, 15) is 0 Å². The van der Waals surface area contributed by atoms with Crippen LogP contribution in [0.4, 0.5) is 0 Å². The first kappa shape index (κ1) is 18.5. The highest BCUT2D eigenvalue weighted by Crippen LogP contribution is 2.34. The van der Waals surface area contributed by atoms with Crippen molar-refractivity contribution in [2.24, 2.45) is 5.92 Å². The van der Waals surface area contributed by atoms with E-state index >= 15 is 0 Å². The van der Waals surface area contributed by atoms with Gasteiger partial charge in [0, 0.05) is 38.1 Å². The summed E-state index contributed by atoms with van der Waals surface area (Å²) in [6, 6.07) is 35.1. The van der Waals surface area contributed by atoms with Crippen LogP contribution in [0.25, 0.3) is 56.2 Å². The minimum absolute atomic E-state index is 0.544. The molecule has 0 spiro atoms. The fourth-order valence-electron chi connectivity index (χ4n) is 5.53. The highest BCUT2D eigenvalue weighted by Gasteiger charge is 2.18. The molecule has 2 heterocycles. The molecule has 1 unspecified atom stereocenters. The first-order valence-electron chi connectivity index (χ1n) is 11.7. The van der Waals surface area contributed by atoms with Crippen molar-refractivity contribution in [3.05, 3.63) is 108 Å². The van der Waals surface area contributed by atoms with Crippen LogP contribution < -0.4 is 10.6 Å². The summed E-state index contributed by atoms with van der Waals surface area (Å²) in [6.07, 6.45) is 5.95. The van der Waals surface area contributed by atoms with E-state index in [1.54, 1.807) is 0 Å². The molecule has 2 aromatic heterocycles. The van der Waals surface area contributed by atoms with Gasteiger partial charge in [-0.2, -0.15) is 0 Å². The number of fused-ring (bicyclic) bond motifs is 6. The van der Waals surface area contributed by atoms with Gasteiger partial charge in [-0.15, -0.1) is 0 Å². The monoisotopic (exact) mass is 424 g/mol. The van der Waals surface area contributed by atoms with E-state index in [1.807, 2.05) is 0 Å². The summed E-state index contributed by atoms with van der Waals surface area (Å²) in [5.74, 6) is 0.544. The van der Waals surface area contributed by atoms with Crippen molar-refractivity contribution in [2.75, 3.05) is 0 Å². The standard InChI is InChI=1S/C31H24N2/c1-21-16-17-29-25(18-21)27-20-30-26(19-31(27)33(29)23-12-6-3-7-13-23)24-14-8-9-15-28(24)32(30)22-10-4-2-5-11-22/h2-15,17-21H,16H2,1H3. The summed E-state index contributed by atoms with van der Waals surface area (Å²) < 4.78 is 4.85. The lowest BCUT2D eigenvalue weighted by Crippen LogP contribution is -2.31. The number of para-hydroxylation sites is 3. The SMILES string of the molecule is CC1C=c2c(n(-c3ccccc3)c3cc4c5ccccc5n(-c5ccccc5)c4cc23)=CC1. The first-order chi connectivity index (χ1) is 16.3. The molecule has 0 saturated carbocycles. The average Bonchev–Trinajstić information content (AvgIpc) is 3.35. The molecule has 0 saturated heterocycles. The van der Waals surface area contributed by atoms with Crippen LogP contribution in [-0.4, -0.2) is 9.13 Å². The first-order valence-corrected chi connectivity index (χ1v) is 11.7. The summed E-state index contributed by atoms with van der Waals surface area (Å²) >= 11 is 0. The molecule has 2 heteroatoms. The van der Waals surface area contributed by atoms with Crippen molar-refractivity contribution in [3.8, 4) is 11.4 Å². The number of benzene rings is 4. The van der Waals surface area contributed by atoms with Crippen LogP contribution in [0.1, 0.15) is 13.3 Å². The highest BCUT2D eigenvalue weighted by molar-refractivity contribution is 6.13. The van der Waals surface area contributed by atoms with Crippen LogP contribution in [0.2, 0.25) is 0 Å². The quantitative estimate of drug-likeness (QED) is 0.307. The number of aromatic nitrogens is 2. The van der Waals surface area contributed by atoms with Crippen molar-refractivity contribution in [1.29, 1.82) is 0 Å². The Hall–Kier alpha value is -4.04. The smallest absolute Gasteiger partial charge is 0.0548 e. The van der Waals surface area contributed by atoms with Gasteiger partial charge in [-0.3, -0.25) is 0 Å². The molecule has 0 bridgehead atoms. The van der Waals surface area contributed by atoms with Gasteiger partial charge in [0.05, 0.1) is 16.6 Å². The van der Waals surface area contributed by atoms with Crippen molar-refractivity contribution >= 4 is 44.9 Å². The third kappa shape index (κ3) is 2.67. The van der Waals surface area contributed by atoms with Crippen molar-refractivity contribution in [3.63, 3.8) is 0 Å². The predicted octanol–water partition coefficient (Wildman–Crippen LogP) is 6.33. The van der Waals surface area contributed by atoms with Gasteiger partial charge in [0.1, 0.15) is 0 Å². The van der Waals surface area contributed by atoms with Gasteiger partial charge in [0.2, 0.25) is 0 Å². The summed E-state index contributed by atoms with van der Waals surface area (Å²) in [5.41, 5.74) is 6.19. The van der Waals surface area contributed by atoms with E-state index < -0.39 is 0 Å². The minimum Gasteiger partial charge on any atom is -0.310 e. The maximum Gasteiger partial charge on any atom is 0.0548 e. The maximum absolute atomic E-state index is 2.46. The van der Waals surface area contributed by atoms with Crippen LogP contribution in [0.5, 0.6) is 0 Å². The Morgan fingerprint density at radius 1 is 0.606 bits per heavy atom. The number of hydrogen-bond donors (Lipinski definition) is 0. The lowest BCUT2D eigenvalue weighted by molar-refractivity contribution is 0.795. The van der Waals surface area contributed by atoms with Gasteiger partial charge in [-0.05, 0) is 54.8 Å². The fraction of sp³-hybridized carbons (Fsp3) is 0.0968. The molecule has 7 rings (SSSR count). The highest BCUT2D eigenvalue weighted by atomic mass is 15.0. The Balaban J connectivity index is 1.71. The van der Waals surface area contributed by atoms with Crippen LogP contribution in [0.3, 0.4) is 0 Å². The fourth-order valence-corrected chi connectivity index (χ4v) is 5.53. The Morgan fingerprint density at radius 3 is 1.97 bits per heavy atom. The zero-order valence-corrected chi connectivity index (χ0v) is 18.6. The van der Waals surface area contributed by atoms with Gasteiger partial charge < -0.3 is 9.13 Å². The molecular formula is C31H24N2. The Labute approximate surface area is 192 Å². The molecule has 0 N–H and O–H groups in total. The molecule has 1 aliphatic carbocycles. The minimum atomic E-state index is 0.544. The zero-order valence-electron chi connectivity index (χ0n) is 18.6. The Kier molecular flexibility index (Phi) is 3.92. The molecule has 4 aromatic carbocycles. The van der Waals surface area contributed by atoms with E-state index in [-0.39, 0.29) is 0 Å². The zero-order chi connectivity index (χ0) is 21.9. The Bertz CT molecular complexity index is 1780. The molecule has 0 radical (unpaired) electrons. The van der Waals surface area contributed by atoms with E-state index in [2.05, 4.69) is 125 Å². The molecule has 2 nitrogen and oxygen atoms in total. The average molecular weight is 425 g/mol. The van der Waals surface area contributed by atoms with Gasteiger partial charge >= 0.3 is 0 Å². The topological polar surface area (TPSA) is 9.86 Å². The normalized spacial score (nSPS) is 15.5. The van der Waals surface area contributed by atoms with Gasteiger partial charge in [-0.25, -0.2) is 0 Å².